The molecule has 0 radical (unpaired) electrons. The van der Waals surface area contributed by atoms with E-state index in [0.29, 0.717) is 19.6 Å². The van der Waals surface area contributed by atoms with Gasteiger partial charge in [0.2, 0.25) is 0 Å². The number of aliphatic hydroxyl groups is 1. The van der Waals surface area contributed by atoms with Gasteiger partial charge < -0.3 is 20.5 Å². The maximum atomic E-state index is 10.6. The zero-order chi connectivity index (χ0) is 21.4. The fourth-order valence-electron chi connectivity index (χ4n) is 4.17. The van der Waals surface area contributed by atoms with Crippen LogP contribution in [0.5, 0.6) is 0 Å². The van der Waals surface area contributed by atoms with E-state index in [9.17, 15) is 5.11 Å². The quantitative estimate of drug-likeness (QED) is 0.263. The van der Waals surface area contributed by atoms with Gasteiger partial charge >= 0.3 is 0 Å². The Hall–Kier alpha value is -0.940. The second-order valence-electron chi connectivity index (χ2n) is 8.90. The number of halogens is 1. The third-order valence-corrected chi connectivity index (χ3v) is 6.02. The molecule has 31 heavy (non-hydrogen) atoms. The number of hydrogen-bond donors (Lipinski definition) is 3. The topological polar surface area (TPSA) is 72.4 Å². The molecule has 0 spiro atoms. The highest BCUT2D eigenvalue weighted by molar-refractivity contribution is 14.0. The Morgan fingerprint density at radius 2 is 1.87 bits per heavy atom. The lowest BCUT2D eigenvalue weighted by Crippen LogP contribution is -2.52. The summed E-state index contributed by atoms with van der Waals surface area (Å²) in [6, 6.07) is 8.60. The van der Waals surface area contributed by atoms with Crippen LogP contribution in [0.4, 0.5) is 0 Å². The van der Waals surface area contributed by atoms with E-state index in [1.807, 2.05) is 0 Å². The van der Waals surface area contributed by atoms with Crippen LogP contribution in [0.3, 0.4) is 0 Å². The lowest BCUT2D eigenvalue weighted by atomic mass is 10.00. The van der Waals surface area contributed by atoms with Gasteiger partial charge in [0.1, 0.15) is 0 Å². The minimum absolute atomic E-state index is 0. The molecule has 0 amide bonds. The van der Waals surface area contributed by atoms with Crippen LogP contribution in [-0.2, 0) is 17.7 Å². The fraction of sp³-hybridized carbons (Fsp3) is 0.696. The lowest BCUT2D eigenvalue weighted by molar-refractivity contribution is -0.00684. The van der Waals surface area contributed by atoms with Gasteiger partial charge in [-0.2, -0.15) is 0 Å². The Kier molecular flexibility index (Phi) is 11.0. The highest BCUT2D eigenvalue weighted by Gasteiger charge is 2.28. The molecule has 0 aliphatic carbocycles. The number of ether oxygens (including phenoxy) is 1. The van der Waals surface area contributed by atoms with E-state index in [-0.39, 0.29) is 29.5 Å². The molecule has 1 fully saturated rings. The average molecular weight is 546 g/mol. The Labute approximate surface area is 204 Å². The summed E-state index contributed by atoms with van der Waals surface area (Å²) in [6.07, 6.45) is 0.614. The van der Waals surface area contributed by atoms with Crippen molar-refractivity contribution in [1.82, 2.24) is 20.4 Å². The van der Waals surface area contributed by atoms with Crippen LogP contribution in [0.15, 0.2) is 29.3 Å². The molecule has 0 saturated carbocycles. The number of β-amino-alcohol motifs (C(OH)–C–C–N with tert-alkyl or cyclic N) is 1. The summed E-state index contributed by atoms with van der Waals surface area (Å²) in [5, 5.41) is 17.2. The monoisotopic (exact) mass is 545 g/mol. The van der Waals surface area contributed by atoms with Gasteiger partial charge in [-0.05, 0) is 38.3 Å². The number of aliphatic hydroxyl groups excluding tert-OH is 1. The van der Waals surface area contributed by atoms with Gasteiger partial charge in [0.15, 0.2) is 5.96 Å². The smallest absolute Gasteiger partial charge is 0.191 e. The van der Waals surface area contributed by atoms with Crippen molar-refractivity contribution >= 4 is 29.9 Å². The molecule has 2 heterocycles. The van der Waals surface area contributed by atoms with Gasteiger partial charge in [-0.15, -0.1) is 24.0 Å². The molecule has 1 atom stereocenters. The number of rotatable bonds is 8. The van der Waals surface area contributed by atoms with E-state index in [4.69, 9.17) is 9.73 Å². The normalized spacial score (nSPS) is 19.3. The molecule has 7 nitrogen and oxygen atoms in total. The molecule has 1 saturated heterocycles. The highest BCUT2D eigenvalue weighted by atomic mass is 127. The number of morpholine rings is 1. The van der Waals surface area contributed by atoms with E-state index >= 15 is 0 Å². The van der Waals surface area contributed by atoms with E-state index < -0.39 is 6.10 Å². The third-order valence-electron chi connectivity index (χ3n) is 6.02. The van der Waals surface area contributed by atoms with Crippen molar-refractivity contribution in [3.05, 3.63) is 35.4 Å². The van der Waals surface area contributed by atoms with Gasteiger partial charge in [0.25, 0.3) is 0 Å². The zero-order valence-corrected chi connectivity index (χ0v) is 21.6. The molecular formula is C23H40IN5O2. The average Bonchev–Trinajstić information content (AvgIpc) is 2.76. The molecule has 1 aromatic rings. The Bertz CT molecular complexity index is 694. The van der Waals surface area contributed by atoms with E-state index in [0.717, 1.165) is 58.3 Å². The molecule has 2 aliphatic heterocycles. The first kappa shape index (κ1) is 26.3. The van der Waals surface area contributed by atoms with Gasteiger partial charge in [0.05, 0.1) is 25.9 Å². The summed E-state index contributed by atoms with van der Waals surface area (Å²) in [5.41, 5.74) is 2.79. The number of aliphatic imine (C=N–C) groups is 1. The maximum Gasteiger partial charge on any atom is 0.191 e. The van der Waals surface area contributed by atoms with Crippen molar-refractivity contribution in [2.24, 2.45) is 4.99 Å². The van der Waals surface area contributed by atoms with Crippen LogP contribution < -0.4 is 10.6 Å². The fourth-order valence-corrected chi connectivity index (χ4v) is 4.17. The molecule has 3 rings (SSSR count). The van der Waals surface area contributed by atoms with Crippen molar-refractivity contribution in [1.29, 1.82) is 0 Å². The molecule has 0 bridgehead atoms. The van der Waals surface area contributed by atoms with Crippen LogP contribution in [0.1, 0.15) is 31.9 Å². The van der Waals surface area contributed by atoms with Crippen LogP contribution in [0.25, 0.3) is 0 Å². The standard InChI is InChI=1S/C23H39N5O2.HI/c1-4-24-22(26-18-23(2,3)28-11-13-30-14-12-28)25-15-21(29)17-27-10-9-19-7-5-6-8-20(19)16-27;/h5-8,21,29H,4,9-18H2,1-3H3,(H2,24,25,26);1H. The number of fused-ring (bicyclic) bond motifs is 1. The number of nitrogens with zero attached hydrogens (tertiary/aromatic N) is 3. The second-order valence-corrected chi connectivity index (χ2v) is 8.90. The third kappa shape index (κ3) is 8.16. The Morgan fingerprint density at radius 1 is 1.16 bits per heavy atom. The van der Waals surface area contributed by atoms with Gasteiger partial charge in [-0.25, -0.2) is 0 Å². The van der Waals surface area contributed by atoms with Crippen LogP contribution >= 0.6 is 24.0 Å². The first-order valence-electron chi connectivity index (χ1n) is 11.3. The summed E-state index contributed by atoms with van der Waals surface area (Å²) in [6.45, 7) is 14.6. The predicted molar refractivity (Wildman–Crippen MR) is 137 cm³/mol. The summed E-state index contributed by atoms with van der Waals surface area (Å²) in [4.78, 5) is 9.57. The van der Waals surface area contributed by atoms with Crippen molar-refractivity contribution in [2.75, 3.05) is 59.0 Å². The van der Waals surface area contributed by atoms with Crippen molar-refractivity contribution < 1.29 is 9.84 Å². The Balaban J connectivity index is 0.00000341. The Morgan fingerprint density at radius 3 is 2.58 bits per heavy atom. The van der Waals surface area contributed by atoms with E-state index in [1.54, 1.807) is 0 Å². The summed E-state index contributed by atoms with van der Waals surface area (Å²) in [7, 11) is 0. The summed E-state index contributed by atoms with van der Waals surface area (Å²) < 4.78 is 5.47. The van der Waals surface area contributed by atoms with Crippen LogP contribution in [-0.4, -0.2) is 91.5 Å². The van der Waals surface area contributed by atoms with Crippen LogP contribution in [0.2, 0.25) is 0 Å². The van der Waals surface area contributed by atoms with Crippen molar-refractivity contribution in [2.45, 2.75) is 45.4 Å². The SMILES string of the molecule is CCNC(=NCC(C)(C)N1CCOCC1)NCC(O)CN1CCc2ccccc2C1.I. The minimum Gasteiger partial charge on any atom is -0.390 e. The summed E-state index contributed by atoms with van der Waals surface area (Å²) in [5.74, 6) is 0.766. The highest BCUT2D eigenvalue weighted by Crippen LogP contribution is 2.18. The number of hydrogen-bond acceptors (Lipinski definition) is 5. The first-order chi connectivity index (χ1) is 14.5. The first-order valence-corrected chi connectivity index (χ1v) is 11.3. The van der Waals surface area contributed by atoms with Crippen molar-refractivity contribution in [3.8, 4) is 0 Å². The van der Waals surface area contributed by atoms with Crippen molar-refractivity contribution in [3.63, 3.8) is 0 Å². The number of nitrogens with one attached hydrogen (secondary N) is 2. The molecule has 0 aromatic heterocycles. The lowest BCUT2D eigenvalue weighted by Gasteiger charge is -2.40. The molecule has 3 N–H and O–H groups in total. The van der Waals surface area contributed by atoms with E-state index in [1.165, 1.54) is 11.1 Å². The molecule has 1 unspecified atom stereocenters. The summed E-state index contributed by atoms with van der Waals surface area (Å²) >= 11 is 0. The predicted octanol–water partition coefficient (Wildman–Crippen LogP) is 1.69. The maximum absolute atomic E-state index is 10.6. The van der Waals surface area contributed by atoms with Crippen LogP contribution in [0, 0.1) is 0 Å². The molecule has 2 aliphatic rings. The molecular weight excluding hydrogens is 505 g/mol. The largest absolute Gasteiger partial charge is 0.390 e. The number of benzene rings is 1. The van der Waals surface area contributed by atoms with E-state index in [2.05, 4.69) is 65.5 Å². The number of guanidine groups is 1. The van der Waals surface area contributed by atoms with Gasteiger partial charge in [0, 0.05) is 51.4 Å². The zero-order valence-electron chi connectivity index (χ0n) is 19.3. The van der Waals surface area contributed by atoms with Gasteiger partial charge in [-0.3, -0.25) is 14.8 Å². The van der Waals surface area contributed by atoms with Gasteiger partial charge in [-0.1, -0.05) is 24.3 Å². The molecule has 8 heteroatoms. The molecule has 176 valence electrons. The molecule has 1 aromatic carbocycles. The minimum atomic E-state index is -0.439. The second kappa shape index (κ2) is 12.9.